The van der Waals surface area contributed by atoms with Gasteiger partial charge in [-0.25, -0.2) is 0 Å². The molecule has 0 fully saturated rings. The third kappa shape index (κ3) is 4.46. The van der Waals surface area contributed by atoms with Crippen LogP contribution in [0.5, 0.6) is 5.75 Å². The van der Waals surface area contributed by atoms with Crippen molar-refractivity contribution in [2.24, 2.45) is 0 Å². The van der Waals surface area contributed by atoms with E-state index in [2.05, 4.69) is 5.32 Å². The standard InChI is InChI=1S/C21H24N2O4/c1-23(2)21(26)14-6-3-7-15(12-14)22-20(25)13-27-19-11-5-8-16-17(19)9-4-10-18(16)24/h3,5-8,11-12,18,24H,4,9-10,13H2,1-2H3,(H,22,25)/t18-/m0/s1. The summed E-state index contributed by atoms with van der Waals surface area (Å²) < 4.78 is 5.70. The second kappa shape index (κ2) is 8.22. The molecule has 27 heavy (non-hydrogen) atoms. The molecule has 2 amide bonds. The molecule has 0 bridgehead atoms. The molecule has 0 aliphatic heterocycles. The fourth-order valence-electron chi connectivity index (χ4n) is 3.25. The van der Waals surface area contributed by atoms with Crippen molar-refractivity contribution >= 4 is 17.5 Å². The normalized spacial score (nSPS) is 15.6. The van der Waals surface area contributed by atoms with Gasteiger partial charge in [0.25, 0.3) is 11.8 Å². The van der Waals surface area contributed by atoms with Gasteiger partial charge in [0.05, 0.1) is 6.10 Å². The van der Waals surface area contributed by atoms with Gasteiger partial charge in [-0.15, -0.1) is 0 Å². The zero-order valence-electron chi connectivity index (χ0n) is 15.6. The lowest BCUT2D eigenvalue weighted by Crippen LogP contribution is -2.23. The van der Waals surface area contributed by atoms with Crippen molar-refractivity contribution < 1.29 is 19.4 Å². The van der Waals surface area contributed by atoms with E-state index >= 15 is 0 Å². The van der Waals surface area contributed by atoms with Crippen molar-refractivity contribution in [2.75, 3.05) is 26.0 Å². The summed E-state index contributed by atoms with van der Waals surface area (Å²) in [5.41, 5.74) is 2.91. The van der Waals surface area contributed by atoms with Crippen LogP contribution in [0.1, 0.15) is 40.4 Å². The van der Waals surface area contributed by atoms with Gasteiger partial charge in [-0.1, -0.05) is 18.2 Å². The van der Waals surface area contributed by atoms with Crippen molar-refractivity contribution in [1.82, 2.24) is 4.90 Å². The smallest absolute Gasteiger partial charge is 0.262 e. The number of carbonyl (C=O) groups excluding carboxylic acids is 2. The molecule has 0 heterocycles. The summed E-state index contributed by atoms with van der Waals surface area (Å²) in [6.07, 6.45) is 2.01. The molecular weight excluding hydrogens is 344 g/mol. The van der Waals surface area contributed by atoms with Crippen molar-refractivity contribution in [3.8, 4) is 5.75 Å². The lowest BCUT2D eigenvalue weighted by atomic mass is 9.89. The number of fused-ring (bicyclic) bond motifs is 1. The van der Waals surface area contributed by atoms with Crippen molar-refractivity contribution in [1.29, 1.82) is 0 Å². The van der Waals surface area contributed by atoms with Crippen LogP contribution in [0, 0.1) is 0 Å². The molecule has 3 rings (SSSR count). The van der Waals surface area contributed by atoms with Crippen LogP contribution in [0.4, 0.5) is 5.69 Å². The first-order valence-corrected chi connectivity index (χ1v) is 9.00. The Morgan fingerprint density at radius 2 is 2.00 bits per heavy atom. The van der Waals surface area contributed by atoms with Gasteiger partial charge < -0.3 is 20.1 Å². The third-order valence-corrected chi connectivity index (χ3v) is 4.59. The number of amides is 2. The zero-order chi connectivity index (χ0) is 19.4. The third-order valence-electron chi connectivity index (χ3n) is 4.59. The maximum Gasteiger partial charge on any atom is 0.262 e. The van der Waals surface area contributed by atoms with Gasteiger partial charge in [-0.05, 0) is 54.7 Å². The molecule has 0 spiro atoms. The minimum atomic E-state index is -0.469. The van der Waals surface area contributed by atoms with Crippen LogP contribution < -0.4 is 10.1 Å². The summed E-state index contributed by atoms with van der Waals surface area (Å²) in [6.45, 7) is -0.140. The first kappa shape index (κ1) is 18.9. The van der Waals surface area contributed by atoms with E-state index in [0.717, 1.165) is 30.4 Å². The molecule has 0 unspecified atom stereocenters. The Morgan fingerprint density at radius 3 is 2.78 bits per heavy atom. The molecule has 1 atom stereocenters. The number of aliphatic hydroxyl groups excluding tert-OH is 1. The maximum atomic E-state index is 12.3. The molecule has 1 aliphatic carbocycles. The Balaban J connectivity index is 1.64. The average molecular weight is 368 g/mol. The van der Waals surface area contributed by atoms with Gasteiger partial charge in [0.1, 0.15) is 5.75 Å². The molecule has 0 aromatic heterocycles. The first-order valence-electron chi connectivity index (χ1n) is 9.00. The summed E-state index contributed by atoms with van der Waals surface area (Å²) in [5.74, 6) is 0.202. The van der Waals surface area contributed by atoms with Crippen LogP contribution >= 0.6 is 0 Å². The van der Waals surface area contributed by atoms with Crippen molar-refractivity contribution in [3.63, 3.8) is 0 Å². The number of benzene rings is 2. The summed E-state index contributed by atoms with van der Waals surface area (Å²) in [5, 5.41) is 12.9. The second-order valence-corrected chi connectivity index (χ2v) is 6.85. The van der Waals surface area contributed by atoms with Gasteiger partial charge in [0.15, 0.2) is 6.61 Å². The molecule has 2 aromatic rings. The number of hydrogen-bond donors (Lipinski definition) is 2. The van der Waals surface area contributed by atoms with E-state index in [-0.39, 0.29) is 18.4 Å². The van der Waals surface area contributed by atoms with Gasteiger partial charge in [-0.3, -0.25) is 9.59 Å². The van der Waals surface area contributed by atoms with Gasteiger partial charge in [-0.2, -0.15) is 0 Å². The number of anilines is 1. The number of rotatable bonds is 5. The number of hydrogen-bond acceptors (Lipinski definition) is 4. The van der Waals surface area contributed by atoms with Crippen LogP contribution in [0.2, 0.25) is 0 Å². The highest BCUT2D eigenvalue weighted by Crippen LogP contribution is 2.35. The van der Waals surface area contributed by atoms with Gasteiger partial charge >= 0.3 is 0 Å². The molecule has 6 heteroatoms. The van der Waals surface area contributed by atoms with Crippen LogP contribution in [0.15, 0.2) is 42.5 Å². The highest BCUT2D eigenvalue weighted by atomic mass is 16.5. The minimum absolute atomic E-state index is 0.128. The Hall–Kier alpha value is -2.86. The van der Waals surface area contributed by atoms with E-state index in [1.807, 2.05) is 18.2 Å². The van der Waals surface area contributed by atoms with E-state index in [1.54, 1.807) is 38.4 Å². The molecule has 6 nitrogen and oxygen atoms in total. The number of nitrogens with one attached hydrogen (secondary N) is 1. The Morgan fingerprint density at radius 1 is 1.22 bits per heavy atom. The highest BCUT2D eigenvalue weighted by molar-refractivity contribution is 5.97. The molecule has 142 valence electrons. The van der Waals surface area contributed by atoms with Crippen LogP contribution in [0.3, 0.4) is 0 Å². The van der Waals surface area contributed by atoms with E-state index in [4.69, 9.17) is 4.74 Å². The number of carbonyl (C=O) groups is 2. The van der Waals surface area contributed by atoms with Crippen LogP contribution in [-0.2, 0) is 11.2 Å². The monoisotopic (exact) mass is 368 g/mol. The predicted molar refractivity (Wildman–Crippen MR) is 103 cm³/mol. The average Bonchev–Trinajstić information content (AvgIpc) is 2.66. The number of ether oxygens (including phenoxy) is 1. The van der Waals surface area contributed by atoms with Crippen LogP contribution in [-0.4, -0.2) is 42.5 Å². The Kier molecular flexibility index (Phi) is 5.76. The van der Waals surface area contributed by atoms with E-state index in [0.29, 0.717) is 17.0 Å². The SMILES string of the molecule is CN(C)C(=O)c1cccc(NC(=O)COc2cccc3c2CCC[C@@H]3O)c1. The highest BCUT2D eigenvalue weighted by Gasteiger charge is 2.21. The maximum absolute atomic E-state index is 12.3. The number of nitrogens with zero attached hydrogens (tertiary/aromatic N) is 1. The molecule has 0 saturated carbocycles. The van der Waals surface area contributed by atoms with Gasteiger partial charge in [0, 0.05) is 25.3 Å². The van der Waals surface area contributed by atoms with E-state index < -0.39 is 6.10 Å². The molecular formula is C21H24N2O4. The molecule has 2 N–H and O–H groups in total. The van der Waals surface area contributed by atoms with E-state index in [1.165, 1.54) is 4.90 Å². The quantitative estimate of drug-likeness (QED) is 0.851. The predicted octanol–water partition coefficient (Wildman–Crippen LogP) is 2.78. The molecule has 2 aromatic carbocycles. The van der Waals surface area contributed by atoms with Crippen molar-refractivity contribution in [2.45, 2.75) is 25.4 Å². The largest absolute Gasteiger partial charge is 0.483 e. The first-order chi connectivity index (χ1) is 13.0. The summed E-state index contributed by atoms with van der Waals surface area (Å²) >= 11 is 0. The fraction of sp³-hybridized carbons (Fsp3) is 0.333. The Labute approximate surface area is 158 Å². The lowest BCUT2D eigenvalue weighted by molar-refractivity contribution is -0.118. The zero-order valence-corrected chi connectivity index (χ0v) is 15.6. The topological polar surface area (TPSA) is 78.9 Å². The number of aliphatic hydroxyl groups is 1. The minimum Gasteiger partial charge on any atom is -0.483 e. The fourth-order valence-corrected chi connectivity index (χ4v) is 3.25. The Bertz CT molecular complexity index is 848. The van der Waals surface area contributed by atoms with Crippen molar-refractivity contribution in [3.05, 3.63) is 59.2 Å². The van der Waals surface area contributed by atoms with Gasteiger partial charge in [0.2, 0.25) is 0 Å². The van der Waals surface area contributed by atoms with Crippen LogP contribution in [0.25, 0.3) is 0 Å². The summed E-state index contributed by atoms with van der Waals surface area (Å²) in [7, 11) is 3.36. The molecule has 1 aliphatic rings. The molecule has 0 saturated heterocycles. The van der Waals surface area contributed by atoms with E-state index in [9.17, 15) is 14.7 Å². The lowest BCUT2D eigenvalue weighted by Gasteiger charge is -2.23. The summed E-state index contributed by atoms with van der Waals surface area (Å²) in [6, 6.07) is 12.3. The summed E-state index contributed by atoms with van der Waals surface area (Å²) in [4.78, 5) is 25.8. The second-order valence-electron chi connectivity index (χ2n) is 6.85. The molecule has 0 radical (unpaired) electrons.